The van der Waals surface area contributed by atoms with Crippen molar-refractivity contribution < 1.29 is 9.47 Å². The highest BCUT2D eigenvalue weighted by molar-refractivity contribution is 5.41. The summed E-state index contributed by atoms with van der Waals surface area (Å²) < 4.78 is 11.6. The van der Waals surface area contributed by atoms with E-state index in [9.17, 15) is 0 Å². The van der Waals surface area contributed by atoms with Crippen LogP contribution in [-0.2, 0) is 10.2 Å². The topological polar surface area (TPSA) is 44.5 Å². The Hall–Kier alpha value is -1.06. The third kappa shape index (κ3) is 2.49. The Morgan fingerprint density at radius 2 is 1.95 bits per heavy atom. The highest BCUT2D eigenvalue weighted by Gasteiger charge is 2.39. The molecule has 2 N–H and O–H groups in total. The average molecular weight is 261 g/mol. The molecule has 104 valence electrons. The summed E-state index contributed by atoms with van der Waals surface area (Å²) in [4.78, 5) is 0. The van der Waals surface area contributed by atoms with Crippen molar-refractivity contribution in [3.8, 4) is 5.75 Å². The van der Waals surface area contributed by atoms with E-state index in [1.165, 1.54) is 24.8 Å². The smallest absolute Gasteiger partial charge is 0.123 e. The lowest BCUT2D eigenvalue weighted by Crippen LogP contribution is -2.42. The zero-order chi connectivity index (χ0) is 13.1. The van der Waals surface area contributed by atoms with Gasteiger partial charge in [0.2, 0.25) is 0 Å². The highest BCUT2D eigenvalue weighted by atomic mass is 16.5. The molecule has 0 atom stereocenters. The molecule has 1 heterocycles. The molecule has 0 unspecified atom stereocenters. The SMILES string of the molecule is NCC1(c2ccccc2OC2CCOCC2)CCC1. The minimum Gasteiger partial charge on any atom is -0.490 e. The van der Waals surface area contributed by atoms with Crippen molar-refractivity contribution in [1.29, 1.82) is 0 Å². The molecule has 3 heteroatoms. The monoisotopic (exact) mass is 261 g/mol. The van der Waals surface area contributed by atoms with Crippen LogP contribution >= 0.6 is 0 Å². The van der Waals surface area contributed by atoms with Crippen molar-refractivity contribution in [3.63, 3.8) is 0 Å². The van der Waals surface area contributed by atoms with Crippen LogP contribution in [-0.4, -0.2) is 25.9 Å². The molecular weight excluding hydrogens is 238 g/mol. The van der Waals surface area contributed by atoms with Crippen LogP contribution in [0, 0.1) is 0 Å². The largest absolute Gasteiger partial charge is 0.490 e. The predicted octanol–water partition coefficient (Wildman–Crippen LogP) is 2.62. The van der Waals surface area contributed by atoms with Gasteiger partial charge in [-0.25, -0.2) is 0 Å². The van der Waals surface area contributed by atoms with Gasteiger partial charge in [0.25, 0.3) is 0 Å². The lowest BCUT2D eigenvalue weighted by molar-refractivity contribution is 0.0242. The molecule has 1 aromatic rings. The van der Waals surface area contributed by atoms with Gasteiger partial charge in [0.1, 0.15) is 11.9 Å². The van der Waals surface area contributed by atoms with E-state index in [1.807, 2.05) is 0 Å². The van der Waals surface area contributed by atoms with Crippen molar-refractivity contribution in [2.24, 2.45) is 5.73 Å². The van der Waals surface area contributed by atoms with Gasteiger partial charge in [-0.05, 0) is 18.9 Å². The van der Waals surface area contributed by atoms with Gasteiger partial charge >= 0.3 is 0 Å². The van der Waals surface area contributed by atoms with Crippen LogP contribution in [0.3, 0.4) is 0 Å². The van der Waals surface area contributed by atoms with Gasteiger partial charge in [-0.1, -0.05) is 24.6 Å². The molecule has 1 saturated heterocycles. The van der Waals surface area contributed by atoms with Crippen LogP contribution in [0.2, 0.25) is 0 Å². The summed E-state index contributed by atoms with van der Waals surface area (Å²) in [5, 5.41) is 0. The second-order valence-electron chi connectivity index (χ2n) is 5.76. The molecule has 2 fully saturated rings. The molecule has 3 rings (SSSR count). The Bertz CT molecular complexity index is 417. The van der Waals surface area contributed by atoms with Gasteiger partial charge in [-0.3, -0.25) is 0 Å². The van der Waals surface area contributed by atoms with Crippen molar-refractivity contribution in [1.82, 2.24) is 0 Å². The number of para-hydroxylation sites is 1. The van der Waals surface area contributed by atoms with Crippen LogP contribution in [0.4, 0.5) is 0 Å². The first-order chi connectivity index (χ1) is 9.34. The summed E-state index contributed by atoms with van der Waals surface area (Å²) in [6.07, 6.45) is 5.94. The molecule has 0 radical (unpaired) electrons. The summed E-state index contributed by atoms with van der Waals surface area (Å²) >= 11 is 0. The summed E-state index contributed by atoms with van der Waals surface area (Å²) in [5.74, 6) is 1.04. The number of rotatable bonds is 4. The first-order valence-electron chi connectivity index (χ1n) is 7.38. The number of ether oxygens (including phenoxy) is 2. The highest BCUT2D eigenvalue weighted by Crippen LogP contribution is 2.46. The van der Waals surface area contributed by atoms with Gasteiger partial charge in [-0.15, -0.1) is 0 Å². The van der Waals surface area contributed by atoms with E-state index in [0.717, 1.165) is 38.3 Å². The molecule has 0 spiro atoms. The molecule has 3 nitrogen and oxygen atoms in total. The number of hydrogen-bond donors (Lipinski definition) is 1. The van der Waals surface area contributed by atoms with E-state index in [1.54, 1.807) is 0 Å². The molecule has 0 aromatic heterocycles. The Kier molecular flexibility index (Phi) is 3.76. The standard InChI is InChI=1S/C16H23NO2/c17-12-16(8-3-9-16)14-4-1-2-5-15(14)19-13-6-10-18-11-7-13/h1-2,4-5,13H,3,6-12,17H2. The third-order valence-corrected chi connectivity index (χ3v) is 4.62. The number of nitrogens with two attached hydrogens (primary N) is 1. The minimum atomic E-state index is 0.168. The van der Waals surface area contributed by atoms with E-state index in [4.69, 9.17) is 15.2 Å². The maximum absolute atomic E-state index is 6.23. The van der Waals surface area contributed by atoms with Crippen LogP contribution < -0.4 is 10.5 Å². The van der Waals surface area contributed by atoms with E-state index in [-0.39, 0.29) is 5.41 Å². The van der Waals surface area contributed by atoms with Gasteiger partial charge in [0.05, 0.1) is 13.2 Å². The fourth-order valence-corrected chi connectivity index (χ4v) is 3.17. The molecule has 0 amide bonds. The van der Waals surface area contributed by atoms with Crippen LogP contribution in [0.15, 0.2) is 24.3 Å². The fraction of sp³-hybridized carbons (Fsp3) is 0.625. The van der Waals surface area contributed by atoms with E-state index < -0.39 is 0 Å². The van der Waals surface area contributed by atoms with Crippen LogP contribution in [0.1, 0.15) is 37.7 Å². The molecule has 2 aliphatic rings. The van der Waals surface area contributed by atoms with Gasteiger partial charge in [0.15, 0.2) is 0 Å². The van der Waals surface area contributed by atoms with E-state index in [0.29, 0.717) is 6.10 Å². The molecule has 1 saturated carbocycles. The summed E-state index contributed by atoms with van der Waals surface area (Å²) in [7, 11) is 0. The van der Waals surface area contributed by atoms with Crippen molar-refractivity contribution >= 4 is 0 Å². The molecule has 1 aliphatic carbocycles. The molecule has 0 bridgehead atoms. The minimum absolute atomic E-state index is 0.168. The first-order valence-corrected chi connectivity index (χ1v) is 7.38. The van der Waals surface area contributed by atoms with Gasteiger partial charge in [-0.2, -0.15) is 0 Å². The number of benzene rings is 1. The third-order valence-electron chi connectivity index (χ3n) is 4.62. The zero-order valence-electron chi connectivity index (χ0n) is 11.4. The molecule has 19 heavy (non-hydrogen) atoms. The molecular formula is C16H23NO2. The quantitative estimate of drug-likeness (QED) is 0.906. The zero-order valence-corrected chi connectivity index (χ0v) is 11.4. The average Bonchev–Trinajstić information content (AvgIpc) is 2.41. The summed E-state index contributed by atoms with van der Waals surface area (Å²) in [6, 6.07) is 8.45. The maximum atomic E-state index is 6.23. The first kappa shape index (κ1) is 12.9. The lowest BCUT2D eigenvalue weighted by Gasteiger charge is -2.42. The molecule has 1 aromatic carbocycles. The number of hydrogen-bond acceptors (Lipinski definition) is 3. The Labute approximate surface area is 115 Å². The maximum Gasteiger partial charge on any atom is 0.123 e. The Morgan fingerprint density at radius 3 is 2.58 bits per heavy atom. The fourth-order valence-electron chi connectivity index (χ4n) is 3.17. The van der Waals surface area contributed by atoms with Crippen LogP contribution in [0.5, 0.6) is 5.75 Å². The Balaban J connectivity index is 1.80. The Morgan fingerprint density at radius 1 is 1.21 bits per heavy atom. The van der Waals surface area contributed by atoms with Crippen molar-refractivity contribution in [2.75, 3.05) is 19.8 Å². The summed E-state index contributed by atoms with van der Waals surface area (Å²) in [6.45, 7) is 2.35. The predicted molar refractivity (Wildman–Crippen MR) is 75.5 cm³/mol. The van der Waals surface area contributed by atoms with Gasteiger partial charge < -0.3 is 15.2 Å². The van der Waals surface area contributed by atoms with E-state index in [2.05, 4.69) is 24.3 Å². The van der Waals surface area contributed by atoms with Crippen LogP contribution in [0.25, 0.3) is 0 Å². The van der Waals surface area contributed by atoms with Crippen molar-refractivity contribution in [3.05, 3.63) is 29.8 Å². The second kappa shape index (κ2) is 5.51. The lowest BCUT2D eigenvalue weighted by atomic mass is 9.64. The van der Waals surface area contributed by atoms with Gasteiger partial charge in [0, 0.05) is 30.4 Å². The second-order valence-corrected chi connectivity index (χ2v) is 5.76. The van der Waals surface area contributed by atoms with E-state index >= 15 is 0 Å². The normalized spacial score (nSPS) is 22.8. The summed E-state index contributed by atoms with van der Waals surface area (Å²) in [5.41, 5.74) is 7.51. The van der Waals surface area contributed by atoms with Crippen molar-refractivity contribution in [2.45, 2.75) is 43.6 Å². The molecule has 1 aliphatic heterocycles.